The molecule has 0 saturated carbocycles. The first-order valence-electron chi connectivity index (χ1n) is 3.85. The van der Waals surface area contributed by atoms with Crippen LogP contribution in [0.3, 0.4) is 0 Å². The maximum Gasteiger partial charge on any atom is 1.00 e. The van der Waals surface area contributed by atoms with Crippen LogP contribution in [0.1, 0.15) is 18.4 Å². The molecule has 0 fully saturated rings. The summed E-state index contributed by atoms with van der Waals surface area (Å²) in [6.07, 6.45) is -3.98. The summed E-state index contributed by atoms with van der Waals surface area (Å²) < 4.78 is 35.1. The van der Waals surface area contributed by atoms with Gasteiger partial charge < -0.3 is 0 Å². The molecule has 0 nitrogen and oxygen atoms in total. The van der Waals surface area contributed by atoms with Gasteiger partial charge in [-0.2, -0.15) is 30.9 Å². The van der Waals surface area contributed by atoms with E-state index in [1.165, 1.54) is 0 Å². The van der Waals surface area contributed by atoms with Crippen LogP contribution in [-0.2, 0) is 6.42 Å². The molecule has 0 N–H and O–H groups in total. The smallest absolute Gasteiger partial charge is 0.213 e. The topological polar surface area (TPSA) is 0 Å². The minimum atomic E-state index is -4.01. The van der Waals surface area contributed by atoms with Gasteiger partial charge in [-0.3, -0.25) is 0 Å². The first-order chi connectivity index (χ1) is 5.58. The van der Waals surface area contributed by atoms with Crippen molar-refractivity contribution in [1.29, 1.82) is 0 Å². The molecule has 1 aromatic rings. The molecule has 0 spiro atoms. The van der Waals surface area contributed by atoms with Crippen molar-refractivity contribution in [2.24, 2.45) is 0 Å². The third kappa shape index (κ3) is 6.80. The number of hydrogen-bond acceptors (Lipinski definition) is 0. The van der Waals surface area contributed by atoms with E-state index >= 15 is 0 Å². The Morgan fingerprint density at radius 1 is 1.08 bits per heavy atom. The van der Waals surface area contributed by atoms with Crippen molar-refractivity contribution in [3.63, 3.8) is 0 Å². The van der Waals surface area contributed by atoms with E-state index in [1.807, 2.05) is 24.3 Å². The summed E-state index contributed by atoms with van der Waals surface area (Å²) in [6, 6.07) is 7.36. The van der Waals surface area contributed by atoms with Crippen molar-refractivity contribution >= 4 is 0 Å². The van der Waals surface area contributed by atoms with Gasteiger partial charge in [0.15, 0.2) is 0 Å². The van der Waals surface area contributed by atoms with Crippen LogP contribution in [0.4, 0.5) is 13.2 Å². The molecule has 0 atom stereocenters. The first kappa shape index (κ1) is 13.8. The molecule has 0 aliphatic heterocycles. The van der Waals surface area contributed by atoms with E-state index in [0.717, 1.165) is 5.56 Å². The summed E-state index contributed by atoms with van der Waals surface area (Å²) in [7, 11) is 0. The molecule has 1 aromatic carbocycles. The van der Waals surface area contributed by atoms with Gasteiger partial charge in [0.25, 0.3) is 0 Å². The molecule has 0 saturated heterocycles. The quantitative estimate of drug-likeness (QED) is 0.501. The summed E-state index contributed by atoms with van der Waals surface area (Å²) >= 11 is 0. The van der Waals surface area contributed by atoms with Gasteiger partial charge in [0.2, 0.25) is 0 Å². The molecule has 68 valence electrons. The van der Waals surface area contributed by atoms with Crippen LogP contribution in [0, 0.1) is 0 Å². The molecule has 0 aromatic heterocycles. The average Bonchev–Trinajstić information content (AvgIpc) is 2.36. The van der Waals surface area contributed by atoms with E-state index in [2.05, 4.69) is 0 Å². The second-order valence-electron chi connectivity index (χ2n) is 2.76. The van der Waals surface area contributed by atoms with Gasteiger partial charge >= 0.3 is 57.6 Å². The Morgan fingerprint density at radius 2 is 1.62 bits per heavy atom. The predicted octanol–water partition coefficient (Wildman–Crippen LogP) is 0.294. The zero-order chi connectivity index (χ0) is 9.03. The molecule has 0 unspecified atom stereocenters. The summed E-state index contributed by atoms with van der Waals surface area (Å²) in [6.45, 7) is 0. The standard InChI is InChI=1S/C9H10F3.K/c10-9(11,12)7-3-6-8-4-1-2-5-8;/h1-2,4-5H,3,6-7H2;/q-1;+1. The Morgan fingerprint density at radius 3 is 2.08 bits per heavy atom. The van der Waals surface area contributed by atoms with Gasteiger partial charge in [-0.25, -0.2) is 12.1 Å². The maximum absolute atomic E-state index is 11.7. The van der Waals surface area contributed by atoms with E-state index in [4.69, 9.17) is 0 Å². The third-order valence-electron chi connectivity index (χ3n) is 1.66. The van der Waals surface area contributed by atoms with Crippen molar-refractivity contribution in [2.45, 2.75) is 25.4 Å². The fourth-order valence-corrected chi connectivity index (χ4v) is 1.07. The van der Waals surface area contributed by atoms with E-state index in [-0.39, 0.29) is 57.8 Å². The Kier molecular flexibility index (Phi) is 6.67. The zero-order valence-corrected chi connectivity index (χ0v) is 10.7. The summed E-state index contributed by atoms with van der Waals surface area (Å²) in [5.74, 6) is 0. The Bertz CT molecular complexity index is 213. The van der Waals surface area contributed by atoms with Crippen molar-refractivity contribution < 1.29 is 64.6 Å². The first-order valence-corrected chi connectivity index (χ1v) is 3.85. The summed E-state index contributed by atoms with van der Waals surface area (Å²) in [4.78, 5) is 0. The Hall–Kier alpha value is 0.776. The minimum Gasteiger partial charge on any atom is -0.213 e. The molecule has 0 heterocycles. The molecule has 0 radical (unpaired) electrons. The van der Waals surface area contributed by atoms with Gasteiger partial charge in [0.05, 0.1) is 0 Å². The van der Waals surface area contributed by atoms with Gasteiger partial charge in [-0.1, -0.05) is 12.8 Å². The SMILES string of the molecule is FC(F)(F)CCC[c-]1cccc1.[K+]. The molecule has 0 bridgehead atoms. The third-order valence-corrected chi connectivity index (χ3v) is 1.66. The second kappa shape index (κ2) is 6.30. The van der Waals surface area contributed by atoms with Gasteiger partial charge in [0.1, 0.15) is 0 Å². The Labute approximate surface area is 118 Å². The largest absolute Gasteiger partial charge is 1.00 e. The van der Waals surface area contributed by atoms with Crippen LogP contribution in [0.25, 0.3) is 0 Å². The molecule has 4 heteroatoms. The molecular weight excluding hydrogens is 204 g/mol. The van der Waals surface area contributed by atoms with Crippen LogP contribution in [0.15, 0.2) is 24.3 Å². The van der Waals surface area contributed by atoms with E-state index in [1.54, 1.807) is 0 Å². The number of alkyl halides is 3. The normalized spacial score (nSPS) is 11.0. The molecule has 0 amide bonds. The molecule has 0 aliphatic rings. The Balaban J connectivity index is 0.00000144. The molecule has 1 rings (SSSR count). The van der Waals surface area contributed by atoms with E-state index in [9.17, 15) is 13.2 Å². The van der Waals surface area contributed by atoms with E-state index < -0.39 is 12.6 Å². The van der Waals surface area contributed by atoms with Crippen molar-refractivity contribution in [1.82, 2.24) is 0 Å². The minimum absolute atomic E-state index is 0. The van der Waals surface area contributed by atoms with Crippen LogP contribution in [0.5, 0.6) is 0 Å². The summed E-state index contributed by atoms with van der Waals surface area (Å²) in [5, 5.41) is 0. The number of rotatable bonds is 3. The average molecular weight is 214 g/mol. The van der Waals surface area contributed by atoms with Gasteiger partial charge in [-0.15, -0.1) is 0 Å². The van der Waals surface area contributed by atoms with Crippen LogP contribution < -0.4 is 51.4 Å². The van der Waals surface area contributed by atoms with Crippen molar-refractivity contribution in [3.8, 4) is 0 Å². The van der Waals surface area contributed by atoms with Crippen molar-refractivity contribution in [2.75, 3.05) is 0 Å². The maximum atomic E-state index is 11.7. The van der Waals surface area contributed by atoms with Gasteiger partial charge in [0, 0.05) is 6.42 Å². The monoisotopic (exact) mass is 214 g/mol. The van der Waals surface area contributed by atoms with Crippen LogP contribution in [0.2, 0.25) is 0 Å². The van der Waals surface area contributed by atoms with Crippen molar-refractivity contribution in [3.05, 3.63) is 29.8 Å². The summed E-state index contributed by atoms with van der Waals surface area (Å²) in [5.41, 5.74) is 0.985. The predicted molar refractivity (Wildman–Crippen MR) is 41.0 cm³/mol. The number of hydrogen-bond donors (Lipinski definition) is 0. The number of aryl methyl sites for hydroxylation is 1. The van der Waals surface area contributed by atoms with E-state index in [0.29, 0.717) is 6.42 Å². The molecule has 0 aliphatic carbocycles. The molecular formula is C9H10F3K. The second-order valence-corrected chi connectivity index (χ2v) is 2.76. The fraction of sp³-hybridized carbons (Fsp3) is 0.444. The van der Waals surface area contributed by atoms with Crippen LogP contribution >= 0.6 is 0 Å². The molecule has 13 heavy (non-hydrogen) atoms. The van der Waals surface area contributed by atoms with Crippen LogP contribution in [-0.4, -0.2) is 6.18 Å². The zero-order valence-electron chi connectivity index (χ0n) is 7.56. The number of halogens is 3. The van der Waals surface area contributed by atoms with Gasteiger partial charge in [-0.05, 0) is 0 Å². The fourth-order valence-electron chi connectivity index (χ4n) is 1.07.